The van der Waals surface area contributed by atoms with Gasteiger partial charge in [-0.2, -0.15) is 0 Å². The van der Waals surface area contributed by atoms with E-state index in [1.54, 1.807) is 19.3 Å². The number of H-pyrrole nitrogens is 1. The van der Waals surface area contributed by atoms with E-state index in [0.29, 0.717) is 31.8 Å². The van der Waals surface area contributed by atoms with Crippen molar-refractivity contribution in [2.24, 2.45) is 5.92 Å². The van der Waals surface area contributed by atoms with E-state index < -0.39 is 5.97 Å². The molecule has 4 N–H and O–H groups in total. The molecule has 0 spiro atoms. The lowest BCUT2D eigenvalue weighted by Crippen LogP contribution is -2.36. The number of carboxylic acid groups (broad SMARTS) is 1. The number of aromatic nitrogens is 2. The number of imidazole rings is 1. The highest BCUT2D eigenvalue weighted by Gasteiger charge is 2.09. The molecule has 0 saturated heterocycles. The van der Waals surface area contributed by atoms with Gasteiger partial charge in [0.15, 0.2) is 0 Å². The molecular weight excluding hydrogens is 236 g/mol. The smallest absolute Gasteiger partial charge is 0.315 e. The Morgan fingerprint density at radius 1 is 1.50 bits per heavy atom. The first-order valence-corrected chi connectivity index (χ1v) is 5.82. The molecule has 1 unspecified atom stereocenters. The molecule has 1 aromatic heterocycles. The minimum atomic E-state index is -0.808. The van der Waals surface area contributed by atoms with Gasteiger partial charge in [0, 0.05) is 18.9 Å². The Balaban J connectivity index is 2.05. The van der Waals surface area contributed by atoms with E-state index in [-0.39, 0.29) is 11.9 Å². The molecule has 7 heteroatoms. The zero-order chi connectivity index (χ0) is 13.4. The summed E-state index contributed by atoms with van der Waals surface area (Å²) < 4.78 is 0. The van der Waals surface area contributed by atoms with Crippen molar-refractivity contribution in [3.63, 3.8) is 0 Å². The number of nitrogens with zero attached hydrogens (tertiary/aromatic N) is 1. The Kier molecular flexibility index (Phi) is 5.69. The summed E-state index contributed by atoms with van der Waals surface area (Å²) in [5.74, 6) is -0.500. The normalized spacial score (nSPS) is 11.8. The summed E-state index contributed by atoms with van der Waals surface area (Å²) >= 11 is 0. The van der Waals surface area contributed by atoms with E-state index in [1.165, 1.54) is 0 Å². The lowest BCUT2D eigenvalue weighted by Gasteiger charge is -2.08. The van der Waals surface area contributed by atoms with Crippen molar-refractivity contribution in [3.8, 4) is 0 Å². The Hall–Kier alpha value is -2.05. The van der Waals surface area contributed by atoms with Crippen LogP contribution in [0.4, 0.5) is 4.79 Å². The second kappa shape index (κ2) is 7.31. The number of carbonyl (C=O) groups excluding carboxylic acids is 1. The highest BCUT2D eigenvalue weighted by molar-refractivity contribution is 5.73. The Morgan fingerprint density at radius 2 is 2.28 bits per heavy atom. The molecule has 0 fully saturated rings. The number of aromatic amines is 1. The Bertz CT molecular complexity index is 378. The average molecular weight is 254 g/mol. The first kappa shape index (κ1) is 14.0. The van der Waals surface area contributed by atoms with E-state index in [2.05, 4.69) is 20.6 Å². The van der Waals surface area contributed by atoms with Gasteiger partial charge < -0.3 is 20.7 Å². The number of amides is 2. The molecule has 0 aliphatic rings. The first-order chi connectivity index (χ1) is 8.59. The predicted octanol–water partition coefficient (Wildman–Crippen LogP) is 0.710. The van der Waals surface area contributed by atoms with Gasteiger partial charge in [-0.3, -0.25) is 4.79 Å². The quantitative estimate of drug-likeness (QED) is 0.537. The van der Waals surface area contributed by atoms with Crippen LogP contribution >= 0.6 is 0 Å². The number of aliphatic carboxylic acids is 1. The molecule has 0 aliphatic carbocycles. The van der Waals surface area contributed by atoms with E-state index in [4.69, 9.17) is 5.11 Å². The molecule has 0 bridgehead atoms. The van der Waals surface area contributed by atoms with Crippen molar-refractivity contribution in [2.75, 3.05) is 6.54 Å². The molecule has 0 aliphatic heterocycles. The van der Waals surface area contributed by atoms with Gasteiger partial charge in [-0.1, -0.05) is 6.92 Å². The molecule has 0 radical (unpaired) electrons. The zero-order valence-corrected chi connectivity index (χ0v) is 10.3. The van der Waals surface area contributed by atoms with E-state index in [9.17, 15) is 9.59 Å². The van der Waals surface area contributed by atoms with Gasteiger partial charge in [0.1, 0.15) is 5.82 Å². The lowest BCUT2D eigenvalue weighted by molar-refractivity contribution is -0.141. The van der Waals surface area contributed by atoms with Gasteiger partial charge in [0.25, 0.3) is 0 Å². The van der Waals surface area contributed by atoms with Crippen molar-refractivity contribution in [2.45, 2.75) is 26.3 Å². The van der Waals surface area contributed by atoms with Crippen LogP contribution in [0.15, 0.2) is 12.4 Å². The summed E-state index contributed by atoms with van der Waals surface area (Å²) in [5.41, 5.74) is 0. The predicted molar refractivity (Wildman–Crippen MR) is 64.9 cm³/mol. The topological polar surface area (TPSA) is 107 Å². The van der Waals surface area contributed by atoms with Crippen LogP contribution in [0.25, 0.3) is 0 Å². The maximum Gasteiger partial charge on any atom is 0.315 e. The number of hydrogen-bond donors (Lipinski definition) is 4. The van der Waals surface area contributed by atoms with Crippen LogP contribution < -0.4 is 10.6 Å². The van der Waals surface area contributed by atoms with Gasteiger partial charge in [-0.15, -0.1) is 0 Å². The Labute approximate surface area is 105 Å². The molecule has 2 amide bonds. The van der Waals surface area contributed by atoms with Gasteiger partial charge in [-0.05, 0) is 12.8 Å². The first-order valence-electron chi connectivity index (χ1n) is 5.82. The van der Waals surface area contributed by atoms with Crippen molar-refractivity contribution in [1.82, 2.24) is 20.6 Å². The number of hydrogen-bond acceptors (Lipinski definition) is 3. The summed E-state index contributed by atoms with van der Waals surface area (Å²) in [4.78, 5) is 28.7. The van der Waals surface area contributed by atoms with Crippen molar-refractivity contribution >= 4 is 12.0 Å². The fourth-order valence-electron chi connectivity index (χ4n) is 1.35. The average Bonchev–Trinajstić information content (AvgIpc) is 2.84. The minimum absolute atomic E-state index is 0.283. The third-order valence-corrected chi connectivity index (χ3v) is 2.49. The maximum atomic E-state index is 11.3. The fourth-order valence-corrected chi connectivity index (χ4v) is 1.35. The molecule has 1 aromatic rings. The van der Waals surface area contributed by atoms with Crippen LogP contribution in [0.5, 0.6) is 0 Å². The van der Waals surface area contributed by atoms with Crippen LogP contribution in [-0.2, 0) is 11.3 Å². The second-order valence-electron chi connectivity index (χ2n) is 4.03. The Morgan fingerprint density at radius 3 is 2.89 bits per heavy atom. The molecule has 18 heavy (non-hydrogen) atoms. The van der Waals surface area contributed by atoms with Gasteiger partial charge in [0.2, 0.25) is 0 Å². The molecule has 1 rings (SSSR count). The summed E-state index contributed by atoms with van der Waals surface area (Å²) in [6, 6.07) is -0.283. The summed E-state index contributed by atoms with van der Waals surface area (Å²) in [7, 11) is 0. The van der Waals surface area contributed by atoms with Crippen molar-refractivity contribution in [1.29, 1.82) is 0 Å². The second-order valence-corrected chi connectivity index (χ2v) is 4.03. The molecule has 100 valence electrons. The lowest BCUT2D eigenvalue weighted by atomic mass is 10.1. The number of nitrogens with one attached hydrogen (secondary N) is 3. The summed E-state index contributed by atoms with van der Waals surface area (Å²) in [6.07, 6.45) is 4.49. The molecular formula is C11H18N4O3. The zero-order valence-electron chi connectivity index (χ0n) is 10.3. The van der Waals surface area contributed by atoms with Crippen LogP contribution in [0, 0.1) is 5.92 Å². The van der Waals surface area contributed by atoms with Crippen molar-refractivity contribution < 1.29 is 14.7 Å². The molecule has 1 atom stereocenters. The number of rotatable bonds is 7. The van der Waals surface area contributed by atoms with E-state index in [1.807, 2.05) is 0 Å². The van der Waals surface area contributed by atoms with Crippen LogP contribution in [0.1, 0.15) is 25.6 Å². The van der Waals surface area contributed by atoms with E-state index >= 15 is 0 Å². The number of carboxylic acids is 1. The molecule has 0 aromatic carbocycles. The highest BCUT2D eigenvalue weighted by Crippen LogP contribution is 2.03. The monoisotopic (exact) mass is 254 g/mol. The number of carbonyl (C=O) groups is 2. The van der Waals surface area contributed by atoms with Crippen LogP contribution in [-0.4, -0.2) is 33.6 Å². The standard InChI is InChI=1S/C11H18N4O3/c1-8(10(16)17)3-2-4-14-11(18)15-7-9-12-5-6-13-9/h5-6,8H,2-4,7H2,1H3,(H,12,13)(H,16,17)(H2,14,15,18). The summed E-state index contributed by atoms with van der Waals surface area (Å²) in [6.45, 7) is 2.45. The summed E-state index contributed by atoms with van der Waals surface area (Å²) in [5, 5.41) is 14.0. The minimum Gasteiger partial charge on any atom is -0.481 e. The molecule has 1 heterocycles. The van der Waals surface area contributed by atoms with Gasteiger partial charge in [0.05, 0.1) is 12.5 Å². The fraction of sp³-hybridized carbons (Fsp3) is 0.545. The highest BCUT2D eigenvalue weighted by atomic mass is 16.4. The van der Waals surface area contributed by atoms with Gasteiger partial charge >= 0.3 is 12.0 Å². The third-order valence-electron chi connectivity index (χ3n) is 2.49. The molecule has 7 nitrogen and oxygen atoms in total. The number of urea groups is 1. The van der Waals surface area contributed by atoms with Gasteiger partial charge in [-0.25, -0.2) is 9.78 Å². The van der Waals surface area contributed by atoms with E-state index in [0.717, 1.165) is 0 Å². The third kappa shape index (κ3) is 5.33. The SMILES string of the molecule is CC(CCCNC(=O)NCc1ncc[nH]1)C(=O)O. The largest absolute Gasteiger partial charge is 0.481 e. The van der Waals surface area contributed by atoms with Crippen molar-refractivity contribution in [3.05, 3.63) is 18.2 Å². The van der Waals surface area contributed by atoms with Crippen LogP contribution in [0.3, 0.4) is 0 Å². The molecule has 0 saturated carbocycles. The maximum absolute atomic E-state index is 11.3. The van der Waals surface area contributed by atoms with Crippen LogP contribution in [0.2, 0.25) is 0 Å².